The first-order chi connectivity index (χ1) is 12.7. The normalized spacial score (nSPS) is 12.1. The van der Waals surface area contributed by atoms with Crippen molar-refractivity contribution in [3.05, 3.63) is 0 Å². The van der Waals surface area contributed by atoms with Crippen LogP contribution in [0.25, 0.3) is 0 Å². The van der Waals surface area contributed by atoms with Gasteiger partial charge in [0.1, 0.15) is 12.6 Å². The van der Waals surface area contributed by atoms with Crippen LogP contribution in [0.1, 0.15) is 26.2 Å². The van der Waals surface area contributed by atoms with Crippen molar-refractivity contribution < 1.29 is 39.6 Å². The van der Waals surface area contributed by atoms with Gasteiger partial charge in [-0.1, -0.05) is 6.92 Å². The highest BCUT2D eigenvalue weighted by atomic mass is 16.4. The molecule has 27 heavy (non-hydrogen) atoms. The largest absolute Gasteiger partial charge is 0.480 e. The summed E-state index contributed by atoms with van der Waals surface area (Å²) in [6.45, 7) is 1.38. The van der Waals surface area contributed by atoms with Gasteiger partial charge in [0, 0.05) is 19.6 Å². The molecule has 1 unspecified atom stereocenters. The van der Waals surface area contributed by atoms with Crippen LogP contribution in [-0.2, 0) is 19.2 Å². The fraction of sp³-hybridized carbons (Fsp3) is 0.750. The second kappa shape index (κ2) is 13.9. The molecule has 0 heterocycles. The van der Waals surface area contributed by atoms with Gasteiger partial charge in [-0.05, 0) is 25.8 Å². The van der Waals surface area contributed by atoms with Crippen LogP contribution in [0.15, 0.2) is 0 Å². The molecule has 11 nitrogen and oxygen atoms in total. The Hall–Kier alpha value is -2.24. The zero-order chi connectivity index (χ0) is 20.8. The summed E-state index contributed by atoms with van der Waals surface area (Å²) in [5, 5.41) is 38.3. The van der Waals surface area contributed by atoms with Crippen LogP contribution in [-0.4, -0.2) is 106 Å². The summed E-state index contributed by atoms with van der Waals surface area (Å²) in [6, 6.07) is -0.792. The van der Waals surface area contributed by atoms with Gasteiger partial charge < -0.3 is 25.7 Å². The number of aliphatic carboxylic acids is 3. The molecule has 0 aromatic carbocycles. The van der Waals surface area contributed by atoms with E-state index in [-0.39, 0.29) is 13.1 Å². The van der Waals surface area contributed by atoms with Gasteiger partial charge in [-0.25, -0.2) is 0 Å². The molecule has 0 aromatic rings. The van der Waals surface area contributed by atoms with Gasteiger partial charge in [0.05, 0.1) is 13.1 Å². The number of hydrogen-bond acceptors (Lipinski definition) is 7. The first kappa shape index (κ1) is 24.8. The molecule has 0 saturated heterocycles. The van der Waals surface area contributed by atoms with Crippen molar-refractivity contribution in [3.8, 4) is 0 Å². The van der Waals surface area contributed by atoms with E-state index in [1.165, 1.54) is 4.90 Å². The van der Waals surface area contributed by atoms with E-state index >= 15 is 0 Å². The van der Waals surface area contributed by atoms with Crippen molar-refractivity contribution in [2.24, 2.45) is 0 Å². The second-order valence-electron chi connectivity index (χ2n) is 5.98. The number of aliphatic hydroxyl groups excluding tert-OH is 1. The van der Waals surface area contributed by atoms with Crippen LogP contribution in [0.5, 0.6) is 0 Å². The minimum Gasteiger partial charge on any atom is -0.480 e. The number of nitrogens with zero attached hydrogens (tertiary/aromatic N) is 2. The predicted octanol–water partition coefficient (Wildman–Crippen LogP) is -1.49. The number of aliphatic hydroxyl groups is 1. The molecular weight excluding hydrogens is 362 g/mol. The number of nitrogens with one attached hydrogen (secondary N) is 1. The third kappa shape index (κ3) is 11.9. The summed E-state index contributed by atoms with van der Waals surface area (Å²) in [4.78, 5) is 47.0. The number of carboxylic acid groups (broad SMARTS) is 3. The van der Waals surface area contributed by atoms with E-state index in [1.54, 1.807) is 11.8 Å². The molecular formula is C16H29N3O8. The minimum absolute atomic E-state index is 0.114. The monoisotopic (exact) mass is 391 g/mol. The fourth-order valence-electron chi connectivity index (χ4n) is 2.61. The van der Waals surface area contributed by atoms with Crippen molar-refractivity contribution in [2.45, 2.75) is 32.2 Å². The van der Waals surface area contributed by atoms with E-state index in [1.807, 2.05) is 0 Å². The maximum absolute atomic E-state index is 11.6. The number of carbonyl (C=O) groups excluding carboxylic acids is 1. The maximum Gasteiger partial charge on any atom is 0.320 e. The van der Waals surface area contributed by atoms with Crippen LogP contribution in [0.4, 0.5) is 0 Å². The van der Waals surface area contributed by atoms with Crippen LogP contribution in [0, 0.1) is 0 Å². The molecule has 1 atom stereocenters. The first-order valence-electron chi connectivity index (χ1n) is 8.71. The van der Waals surface area contributed by atoms with Gasteiger partial charge in [-0.15, -0.1) is 0 Å². The Kier molecular flexibility index (Phi) is 12.7. The lowest BCUT2D eigenvalue weighted by Gasteiger charge is -2.30. The lowest BCUT2D eigenvalue weighted by atomic mass is 10.1. The number of carbonyl (C=O) groups is 4. The highest BCUT2D eigenvalue weighted by molar-refractivity contribution is 5.76. The maximum atomic E-state index is 11.6. The number of carboxylic acids is 3. The number of likely N-dealkylation sites (N-methyl/N-ethyl adjacent to an activating group) is 1. The smallest absolute Gasteiger partial charge is 0.320 e. The Labute approximate surface area is 157 Å². The molecule has 0 bridgehead atoms. The average molecular weight is 391 g/mol. The third-order valence-electron chi connectivity index (χ3n) is 3.92. The molecule has 0 aliphatic heterocycles. The van der Waals surface area contributed by atoms with Crippen LogP contribution in [0.2, 0.25) is 0 Å². The standard InChI is InChI=1S/C16H29N3O8/c1-2-19(8-7-18(9-14(22)23)10-15(24)25)12(16(26)27)5-3-4-6-17-13(21)11-20/h12,20H,2-11H2,1H3,(H,17,21)(H,22,23)(H,24,25)(H,26,27). The molecule has 11 heteroatoms. The summed E-state index contributed by atoms with van der Waals surface area (Å²) in [7, 11) is 0. The van der Waals surface area contributed by atoms with Crippen LogP contribution in [0.3, 0.4) is 0 Å². The van der Waals surface area contributed by atoms with Crippen molar-refractivity contribution in [1.82, 2.24) is 15.1 Å². The number of hydrogen-bond donors (Lipinski definition) is 5. The number of unbranched alkanes of at least 4 members (excludes halogenated alkanes) is 1. The van der Waals surface area contributed by atoms with Gasteiger partial charge in [-0.2, -0.15) is 0 Å². The van der Waals surface area contributed by atoms with Crippen molar-refractivity contribution in [1.29, 1.82) is 0 Å². The zero-order valence-corrected chi connectivity index (χ0v) is 15.5. The lowest BCUT2D eigenvalue weighted by molar-refractivity contribution is -0.145. The highest BCUT2D eigenvalue weighted by Gasteiger charge is 2.25. The molecule has 0 aliphatic rings. The van der Waals surface area contributed by atoms with Gasteiger partial charge in [-0.3, -0.25) is 29.0 Å². The number of amides is 1. The Morgan fingerprint density at radius 1 is 0.963 bits per heavy atom. The van der Waals surface area contributed by atoms with E-state index in [4.69, 9.17) is 15.3 Å². The molecule has 0 fully saturated rings. The van der Waals surface area contributed by atoms with E-state index in [0.29, 0.717) is 32.4 Å². The summed E-state index contributed by atoms with van der Waals surface area (Å²) >= 11 is 0. The summed E-state index contributed by atoms with van der Waals surface area (Å²) in [5.74, 6) is -3.81. The van der Waals surface area contributed by atoms with Crippen molar-refractivity contribution >= 4 is 23.8 Å². The van der Waals surface area contributed by atoms with Crippen molar-refractivity contribution in [2.75, 3.05) is 45.9 Å². The van der Waals surface area contributed by atoms with Gasteiger partial charge in [0.15, 0.2) is 0 Å². The van der Waals surface area contributed by atoms with E-state index in [0.717, 1.165) is 0 Å². The topological polar surface area (TPSA) is 168 Å². The van der Waals surface area contributed by atoms with E-state index < -0.39 is 49.6 Å². The van der Waals surface area contributed by atoms with Crippen LogP contribution < -0.4 is 5.32 Å². The molecule has 5 N–H and O–H groups in total. The molecule has 0 aromatic heterocycles. The molecule has 0 aliphatic carbocycles. The Balaban J connectivity index is 4.60. The second-order valence-corrected chi connectivity index (χ2v) is 5.98. The quantitative estimate of drug-likeness (QED) is 0.195. The summed E-state index contributed by atoms with van der Waals surface area (Å²) in [6.07, 6.45) is 1.42. The highest BCUT2D eigenvalue weighted by Crippen LogP contribution is 2.10. The Morgan fingerprint density at radius 2 is 1.56 bits per heavy atom. The average Bonchev–Trinajstić information content (AvgIpc) is 2.58. The molecule has 0 rings (SSSR count). The fourth-order valence-corrected chi connectivity index (χ4v) is 2.61. The van der Waals surface area contributed by atoms with Crippen LogP contribution >= 0.6 is 0 Å². The van der Waals surface area contributed by atoms with Gasteiger partial charge in [0.25, 0.3) is 0 Å². The molecule has 156 valence electrons. The minimum atomic E-state index is -1.15. The number of rotatable bonds is 16. The SMILES string of the molecule is CCN(CCN(CC(=O)O)CC(=O)O)C(CCCCNC(=O)CO)C(=O)O. The summed E-state index contributed by atoms with van der Waals surface area (Å²) in [5.41, 5.74) is 0. The van der Waals surface area contributed by atoms with Gasteiger partial charge >= 0.3 is 17.9 Å². The molecule has 0 radical (unpaired) electrons. The Bertz CT molecular complexity index is 484. The lowest BCUT2D eigenvalue weighted by Crippen LogP contribution is -2.46. The van der Waals surface area contributed by atoms with E-state index in [2.05, 4.69) is 5.32 Å². The Morgan fingerprint density at radius 3 is 2.00 bits per heavy atom. The third-order valence-corrected chi connectivity index (χ3v) is 3.92. The van der Waals surface area contributed by atoms with Crippen molar-refractivity contribution in [3.63, 3.8) is 0 Å². The molecule has 0 spiro atoms. The van der Waals surface area contributed by atoms with E-state index in [9.17, 15) is 24.3 Å². The predicted molar refractivity (Wildman–Crippen MR) is 94.3 cm³/mol. The summed E-state index contributed by atoms with van der Waals surface area (Å²) < 4.78 is 0. The molecule has 0 saturated carbocycles. The van der Waals surface area contributed by atoms with Gasteiger partial charge in [0.2, 0.25) is 5.91 Å². The first-order valence-corrected chi connectivity index (χ1v) is 8.71. The molecule has 1 amide bonds. The zero-order valence-electron chi connectivity index (χ0n) is 15.5.